The molecule has 0 bridgehead atoms. The maximum absolute atomic E-state index is 12.3. The maximum Gasteiger partial charge on any atom is 0.253 e. The second-order valence-corrected chi connectivity index (χ2v) is 6.27. The summed E-state index contributed by atoms with van der Waals surface area (Å²) in [6.07, 6.45) is 0. The molecule has 0 spiro atoms. The first-order valence-corrected chi connectivity index (χ1v) is 7.66. The molecule has 0 fully saturated rings. The van der Waals surface area contributed by atoms with Crippen molar-refractivity contribution in [2.45, 2.75) is 20.4 Å². The van der Waals surface area contributed by atoms with Crippen molar-refractivity contribution in [1.82, 2.24) is 5.32 Å². The summed E-state index contributed by atoms with van der Waals surface area (Å²) >= 11 is 7.35. The minimum atomic E-state index is -0.0748. The van der Waals surface area contributed by atoms with E-state index >= 15 is 0 Å². The monoisotopic (exact) mass is 308 g/mol. The average Bonchev–Trinajstić information content (AvgIpc) is 2.84. The van der Waals surface area contributed by atoms with Crippen LogP contribution in [0, 0.1) is 6.92 Å². The van der Waals surface area contributed by atoms with Crippen LogP contribution in [0.15, 0.2) is 30.3 Å². The number of hydrogen-bond acceptors (Lipinski definition) is 3. The van der Waals surface area contributed by atoms with Crippen molar-refractivity contribution < 1.29 is 4.79 Å². The summed E-state index contributed by atoms with van der Waals surface area (Å²) in [7, 11) is 0. The molecule has 3 nitrogen and oxygen atoms in total. The highest BCUT2D eigenvalue weighted by molar-refractivity contribution is 7.16. The summed E-state index contributed by atoms with van der Waals surface area (Å²) in [4.78, 5) is 13.3. The van der Waals surface area contributed by atoms with E-state index in [9.17, 15) is 4.79 Å². The van der Waals surface area contributed by atoms with Crippen LogP contribution in [0.3, 0.4) is 0 Å². The minimum Gasteiger partial charge on any atom is -0.385 e. The van der Waals surface area contributed by atoms with E-state index in [-0.39, 0.29) is 5.91 Å². The lowest BCUT2D eigenvalue weighted by Gasteiger charge is -2.11. The number of anilines is 1. The van der Waals surface area contributed by atoms with Gasteiger partial charge in [-0.1, -0.05) is 23.2 Å². The van der Waals surface area contributed by atoms with E-state index in [1.54, 1.807) is 0 Å². The summed E-state index contributed by atoms with van der Waals surface area (Å²) in [5.41, 5.74) is 2.60. The summed E-state index contributed by atoms with van der Waals surface area (Å²) in [5, 5.41) is 6.13. The van der Waals surface area contributed by atoms with Crippen LogP contribution in [0.4, 0.5) is 5.69 Å². The minimum absolute atomic E-state index is 0.0748. The number of hydrogen-bond donors (Lipinski definition) is 2. The van der Waals surface area contributed by atoms with Gasteiger partial charge in [0.2, 0.25) is 0 Å². The number of carbonyl (C=O) groups excluding carboxylic acids is 1. The van der Waals surface area contributed by atoms with Crippen LogP contribution < -0.4 is 10.6 Å². The summed E-state index contributed by atoms with van der Waals surface area (Å²) < 4.78 is 0.734. The summed E-state index contributed by atoms with van der Waals surface area (Å²) in [6, 6.07) is 9.59. The van der Waals surface area contributed by atoms with Gasteiger partial charge < -0.3 is 10.6 Å². The number of rotatable bonds is 5. The first kappa shape index (κ1) is 14.9. The van der Waals surface area contributed by atoms with E-state index in [4.69, 9.17) is 11.6 Å². The predicted octanol–water partition coefficient (Wildman–Crippen LogP) is 4.07. The van der Waals surface area contributed by atoms with Gasteiger partial charge in [0.1, 0.15) is 0 Å². The smallest absolute Gasteiger partial charge is 0.253 e. The molecule has 0 saturated carbocycles. The number of nitrogens with one attached hydrogen (secondary N) is 2. The summed E-state index contributed by atoms with van der Waals surface area (Å²) in [6.45, 7) is 5.26. The zero-order valence-electron chi connectivity index (χ0n) is 11.5. The number of thiophene rings is 1. The molecule has 0 aliphatic heterocycles. The zero-order chi connectivity index (χ0) is 14.5. The maximum atomic E-state index is 12.3. The number of amides is 1. The summed E-state index contributed by atoms with van der Waals surface area (Å²) in [5.74, 6) is -0.0748. The van der Waals surface area contributed by atoms with Crippen LogP contribution >= 0.6 is 22.9 Å². The molecule has 5 heteroatoms. The molecule has 106 valence electrons. The van der Waals surface area contributed by atoms with Crippen LogP contribution in [0.25, 0.3) is 0 Å². The SMILES string of the molecule is CCNc1ccc(C)cc1C(=O)NCc1ccc(Cl)s1. The third kappa shape index (κ3) is 3.74. The van der Waals surface area contributed by atoms with Gasteiger partial charge in [-0.15, -0.1) is 11.3 Å². The molecule has 1 aromatic carbocycles. The van der Waals surface area contributed by atoms with Crippen molar-refractivity contribution >= 4 is 34.5 Å². The second kappa shape index (κ2) is 6.77. The highest BCUT2D eigenvalue weighted by atomic mass is 35.5. The van der Waals surface area contributed by atoms with Crippen molar-refractivity contribution in [3.63, 3.8) is 0 Å². The quantitative estimate of drug-likeness (QED) is 0.874. The van der Waals surface area contributed by atoms with Crippen LogP contribution in [0.5, 0.6) is 0 Å². The first-order chi connectivity index (χ1) is 9.60. The fourth-order valence-electron chi connectivity index (χ4n) is 1.90. The molecule has 2 N–H and O–H groups in total. The average molecular weight is 309 g/mol. The van der Waals surface area contributed by atoms with E-state index in [1.165, 1.54) is 11.3 Å². The van der Waals surface area contributed by atoms with Gasteiger partial charge in [0.25, 0.3) is 5.91 Å². The van der Waals surface area contributed by atoms with Crippen molar-refractivity contribution in [2.75, 3.05) is 11.9 Å². The van der Waals surface area contributed by atoms with Gasteiger partial charge in [-0.3, -0.25) is 4.79 Å². The molecule has 1 amide bonds. The molecule has 2 aromatic rings. The Bertz CT molecular complexity index is 610. The first-order valence-electron chi connectivity index (χ1n) is 6.47. The van der Waals surface area contributed by atoms with Crippen molar-refractivity contribution in [1.29, 1.82) is 0 Å². The third-order valence-electron chi connectivity index (χ3n) is 2.84. The molecular formula is C15H17ClN2OS. The second-order valence-electron chi connectivity index (χ2n) is 4.47. The van der Waals surface area contributed by atoms with Crippen LogP contribution in [0.2, 0.25) is 4.34 Å². The van der Waals surface area contributed by atoms with Crippen LogP contribution in [-0.4, -0.2) is 12.5 Å². The van der Waals surface area contributed by atoms with E-state index in [2.05, 4.69) is 10.6 Å². The van der Waals surface area contributed by atoms with Gasteiger partial charge in [0.15, 0.2) is 0 Å². The molecule has 1 aromatic heterocycles. The fraction of sp³-hybridized carbons (Fsp3) is 0.267. The van der Waals surface area contributed by atoms with Gasteiger partial charge in [-0.05, 0) is 38.1 Å². The molecule has 2 rings (SSSR count). The third-order valence-corrected chi connectivity index (χ3v) is 4.07. The number of carbonyl (C=O) groups is 1. The molecule has 0 radical (unpaired) electrons. The largest absolute Gasteiger partial charge is 0.385 e. The van der Waals surface area contributed by atoms with Crippen LogP contribution in [-0.2, 0) is 6.54 Å². The molecule has 0 atom stereocenters. The van der Waals surface area contributed by atoms with E-state index < -0.39 is 0 Å². The predicted molar refractivity (Wildman–Crippen MR) is 85.8 cm³/mol. The topological polar surface area (TPSA) is 41.1 Å². The number of halogens is 1. The molecular weight excluding hydrogens is 292 g/mol. The standard InChI is InChI=1S/C15H17ClN2OS/c1-3-17-13-6-4-10(2)8-12(13)15(19)18-9-11-5-7-14(16)20-11/h4-8,17H,3,9H2,1-2H3,(H,18,19). The molecule has 0 aliphatic rings. The van der Waals surface area contributed by atoms with E-state index in [0.29, 0.717) is 12.1 Å². The Morgan fingerprint density at radius 1 is 1.30 bits per heavy atom. The normalized spacial score (nSPS) is 10.3. The zero-order valence-corrected chi connectivity index (χ0v) is 13.1. The van der Waals surface area contributed by atoms with Crippen molar-refractivity contribution in [3.05, 3.63) is 50.7 Å². The molecule has 0 unspecified atom stereocenters. The Morgan fingerprint density at radius 2 is 2.10 bits per heavy atom. The van der Waals surface area contributed by atoms with Gasteiger partial charge in [0, 0.05) is 17.1 Å². The Morgan fingerprint density at radius 3 is 2.75 bits per heavy atom. The lowest BCUT2D eigenvalue weighted by Crippen LogP contribution is -2.23. The Balaban J connectivity index is 2.09. The van der Waals surface area contributed by atoms with Gasteiger partial charge in [-0.25, -0.2) is 0 Å². The highest BCUT2D eigenvalue weighted by Gasteiger charge is 2.11. The Labute approximate surface area is 128 Å². The van der Waals surface area contributed by atoms with Crippen LogP contribution in [0.1, 0.15) is 27.7 Å². The molecule has 0 aliphatic carbocycles. The van der Waals surface area contributed by atoms with E-state index in [1.807, 2.05) is 44.2 Å². The lowest BCUT2D eigenvalue weighted by molar-refractivity contribution is 0.0952. The van der Waals surface area contributed by atoms with Gasteiger partial charge >= 0.3 is 0 Å². The lowest BCUT2D eigenvalue weighted by atomic mass is 10.1. The molecule has 1 heterocycles. The van der Waals surface area contributed by atoms with Gasteiger partial charge in [-0.2, -0.15) is 0 Å². The van der Waals surface area contributed by atoms with Crippen molar-refractivity contribution in [3.8, 4) is 0 Å². The highest BCUT2D eigenvalue weighted by Crippen LogP contribution is 2.22. The number of aryl methyl sites for hydroxylation is 1. The van der Waals surface area contributed by atoms with E-state index in [0.717, 1.165) is 27.0 Å². The Hall–Kier alpha value is -1.52. The molecule has 20 heavy (non-hydrogen) atoms. The van der Waals surface area contributed by atoms with Crippen molar-refractivity contribution in [2.24, 2.45) is 0 Å². The van der Waals surface area contributed by atoms with Gasteiger partial charge in [0.05, 0.1) is 16.4 Å². The fourth-order valence-corrected chi connectivity index (χ4v) is 2.93. The number of benzene rings is 1. The molecule has 0 saturated heterocycles. The Kier molecular flexibility index (Phi) is 5.04.